The van der Waals surface area contributed by atoms with Gasteiger partial charge in [0, 0.05) is 12.0 Å². The molecular weight excluding hydrogens is 268 g/mol. The first-order chi connectivity index (χ1) is 10.7. The van der Waals surface area contributed by atoms with Gasteiger partial charge in [0.05, 0.1) is 6.10 Å². The normalized spacial score (nSPS) is 11.1. The summed E-state index contributed by atoms with van der Waals surface area (Å²) in [4.78, 5) is 0. The summed E-state index contributed by atoms with van der Waals surface area (Å²) in [5.74, 6) is 8.98. The van der Waals surface area contributed by atoms with Crippen LogP contribution in [-0.4, -0.2) is 6.61 Å². The Bertz CT molecular complexity index is 711. The Kier molecular flexibility index (Phi) is 5.84. The van der Waals surface area contributed by atoms with Gasteiger partial charge in [-0.3, -0.25) is 0 Å². The van der Waals surface area contributed by atoms with Gasteiger partial charge in [-0.05, 0) is 31.0 Å². The van der Waals surface area contributed by atoms with Gasteiger partial charge < -0.3 is 4.74 Å². The van der Waals surface area contributed by atoms with Gasteiger partial charge in [0.15, 0.2) is 0 Å². The number of hydrogen-bond acceptors (Lipinski definition) is 1. The Morgan fingerprint density at radius 2 is 1.86 bits per heavy atom. The van der Waals surface area contributed by atoms with Crippen molar-refractivity contribution >= 4 is 0 Å². The highest BCUT2D eigenvalue weighted by Gasteiger charge is 2.09. The van der Waals surface area contributed by atoms with Gasteiger partial charge in [0.25, 0.3) is 0 Å². The van der Waals surface area contributed by atoms with Crippen molar-refractivity contribution in [3.63, 3.8) is 0 Å². The average Bonchev–Trinajstić information content (AvgIpc) is 2.53. The molecule has 0 aromatic heterocycles. The predicted octanol–water partition coefficient (Wildman–Crippen LogP) is 4.44. The third-order valence-electron chi connectivity index (χ3n) is 3.43. The Morgan fingerprint density at radius 1 is 1.09 bits per heavy atom. The molecule has 0 spiro atoms. The highest BCUT2D eigenvalue weighted by molar-refractivity contribution is 5.42. The first-order valence-corrected chi connectivity index (χ1v) is 7.37. The first kappa shape index (κ1) is 15.9. The van der Waals surface area contributed by atoms with Crippen molar-refractivity contribution in [2.24, 2.45) is 0 Å². The molecule has 2 rings (SSSR count). The molecule has 0 fully saturated rings. The Balaban J connectivity index is 2.12. The highest BCUT2D eigenvalue weighted by Crippen LogP contribution is 2.20. The summed E-state index contributed by atoms with van der Waals surface area (Å²) < 4.78 is 5.73. The van der Waals surface area contributed by atoms with E-state index < -0.39 is 0 Å². The molecule has 1 atom stereocenters. The van der Waals surface area contributed by atoms with Crippen molar-refractivity contribution in [3.05, 3.63) is 70.8 Å². The van der Waals surface area contributed by atoms with E-state index in [1.807, 2.05) is 30.3 Å². The number of aryl methyl sites for hydroxylation is 2. The fourth-order valence-corrected chi connectivity index (χ4v) is 2.28. The zero-order valence-corrected chi connectivity index (χ0v) is 13.1. The van der Waals surface area contributed by atoms with Gasteiger partial charge in [-0.25, -0.2) is 0 Å². The monoisotopic (exact) mass is 288 g/mol. The van der Waals surface area contributed by atoms with Crippen molar-refractivity contribution in [2.75, 3.05) is 6.61 Å². The van der Waals surface area contributed by atoms with Crippen LogP contribution in [0, 0.1) is 38.0 Å². The predicted molar refractivity (Wildman–Crippen MR) is 91.4 cm³/mol. The molecule has 1 heteroatoms. The van der Waals surface area contributed by atoms with E-state index in [-0.39, 0.29) is 6.10 Å². The lowest BCUT2D eigenvalue weighted by Gasteiger charge is -2.14. The van der Waals surface area contributed by atoms with Crippen LogP contribution < -0.4 is 0 Å². The molecule has 0 aliphatic heterocycles. The summed E-state index contributed by atoms with van der Waals surface area (Å²) in [6, 6.07) is 16.4. The van der Waals surface area contributed by atoms with Crippen LogP contribution in [0.1, 0.15) is 34.8 Å². The minimum Gasteiger partial charge on any atom is -0.360 e. The zero-order chi connectivity index (χ0) is 15.8. The van der Waals surface area contributed by atoms with Gasteiger partial charge in [-0.2, -0.15) is 0 Å². The summed E-state index contributed by atoms with van der Waals surface area (Å²) in [5.41, 5.74) is 4.62. The Hall–Kier alpha value is -2.48. The lowest BCUT2D eigenvalue weighted by Crippen LogP contribution is -2.04. The molecular formula is C21H20O. The molecule has 2 aromatic carbocycles. The van der Waals surface area contributed by atoms with Gasteiger partial charge in [0.1, 0.15) is 6.61 Å². The van der Waals surface area contributed by atoms with Crippen LogP contribution >= 0.6 is 0 Å². The molecule has 0 N–H and O–H groups in total. The fourth-order valence-electron chi connectivity index (χ4n) is 2.28. The van der Waals surface area contributed by atoms with E-state index in [0.717, 1.165) is 11.1 Å². The van der Waals surface area contributed by atoms with Crippen LogP contribution in [0.5, 0.6) is 0 Å². The summed E-state index contributed by atoms with van der Waals surface area (Å²) in [5, 5.41) is 0. The molecule has 0 saturated heterocycles. The number of ether oxygens (including phenoxy) is 1. The molecule has 0 radical (unpaired) electrons. The van der Waals surface area contributed by atoms with Crippen LogP contribution in [0.4, 0.5) is 0 Å². The second-order valence-electron chi connectivity index (χ2n) is 5.24. The quantitative estimate of drug-likeness (QED) is 0.756. The number of rotatable bonds is 4. The molecule has 22 heavy (non-hydrogen) atoms. The van der Waals surface area contributed by atoms with Crippen LogP contribution in [0.2, 0.25) is 0 Å². The van der Waals surface area contributed by atoms with Gasteiger partial charge in [-0.15, -0.1) is 6.42 Å². The van der Waals surface area contributed by atoms with E-state index in [1.54, 1.807) is 0 Å². The third kappa shape index (κ3) is 4.52. The van der Waals surface area contributed by atoms with E-state index in [2.05, 4.69) is 49.8 Å². The minimum atomic E-state index is -0.0875. The number of terminal acetylenes is 1. The largest absolute Gasteiger partial charge is 0.360 e. The van der Waals surface area contributed by atoms with Gasteiger partial charge >= 0.3 is 0 Å². The summed E-state index contributed by atoms with van der Waals surface area (Å²) in [6.45, 7) is 4.47. The maximum Gasteiger partial charge on any atom is 0.108 e. The smallest absolute Gasteiger partial charge is 0.108 e. The van der Waals surface area contributed by atoms with Crippen molar-refractivity contribution in [1.82, 2.24) is 0 Å². The van der Waals surface area contributed by atoms with Crippen LogP contribution in [0.15, 0.2) is 48.5 Å². The molecule has 0 amide bonds. The second-order valence-corrected chi connectivity index (χ2v) is 5.24. The van der Waals surface area contributed by atoms with Gasteiger partial charge in [-0.1, -0.05) is 65.8 Å². The fraction of sp³-hybridized carbons (Fsp3) is 0.238. The SMILES string of the molecule is C#CCO[C@H](CC#Cc1ccc(C)cc1C)c1ccccc1. The van der Waals surface area contributed by atoms with Crippen LogP contribution in [-0.2, 0) is 4.74 Å². The molecule has 0 heterocycles. The van der Waals surface area contributed by atoms with Crippen LogP contribution in [0.3, 0.4) is 0 Å². The first-order valence-electron chi connectivity index (χ1n) is 7.37. The van der Waals surface area contributed by atoms with Gasteiger partial charge in [0.2, 0.25) is 0 Å². The topological polar surface area (TPSA) is 9.23 Å². The molecule has 0 unspecified atom stereocenters. The van der Waals surface area contributed by atoms with E-state index in [0.29, 0.717) is 13.0 Å². The number of hydrogen-bond donors (Lipinski definition) is 0. The summed E-state index contributed by atoms with van der Waals surface area (Å²) in [6.07, 6.45) is 5.83. The molecule has 2 aromatic rings. The van der Waals surface area contributed by atoms with E-state index in [9.17, 15) is 0 Å². The Morgan fingerprint density at radius 3 is 2.55 bits per heavy atom. The molecule has 0 aliphatic rings. The van der Waals surface area contributed by atoms with E-state index >= 15 is 0 Å². The van der Waals surface area contributed by atoms with E-state index in [4.69, 9.17) is 11.2 Å². The van der Waals surface area contributed by atoms with E-state index in [1.165, 1.54) is 11.1 Å². The van der Waals surface area contributed by atoms with Crippen LogP contribution in [0.25, 0.3) is 0 Å². The maximum atomic E-state index is 5.73. The maximum absolute atomic E-state index is 5.73. The third-order valence-corrected chi connectivity index (χ3v) is 3.43. The number of benzene rings is 2. The Labute approximate surface area is 133 Å². The van der Waals surface area contributed by atoms with Crippen molar-refractivity contribution in [3.8, 4) is 24.2 Å². The molecule has 0 bridgehead atoms. The lowest BCUT2D eigenvalue weighted by molar-refractivity contribution is 0.0819. The van der Waals surface area contributed by atoms with Crippen molar-refractivity contribution in [1.29, 1.82) is 0 Å². The minimum absolute atomic E-state index is 0.0875. The second kappa shape index (κ2) is 8.08. The lowest BCUT2D eigenvalue weighted by atomic mass is 10.0. The average molecular weight is 288 g/mol. The summed E-state index contributed by atoms with van der Waals surface area (Å²) >= 11 is 0. The van der Waals surface area contributed by atoms with Crippen molar-refractivity contribution in [2.45, 2.75) is 26.4 Å². The highest BCUT2D eigenvalue weighted by atomic mass is 16.5. The standard InChI is InChI=1S/C21H20O/c1-4-15-22-21(20-9-6-5-7-10-20)12-8-11-19-14-13-17(2)16-18(19)3/h1,5-7,9-10,13-14,16,21H,12,15H2,2-3H3/t21-/m1/s1. The molecule has 110 valence electrons. The molecule has 1 nitrogen and oxygen atoms in total. The molecule has 0 saturated carbocycles. The molecule has 0 aliphatic carbocycles. The van der Waals surface area contributed by atoms with Crippen molar-refractivity contribution < 1.29 is 4.74 Å². The zero-order valence-electron chi connectivity index (χ0n) is 13.1. The summed E-state index contributed by atoms with van der Waals surface area (Å²) in [7, 11) is 0.